The standard InChI is InChI=1S/C34H37N3O4/c1-24-29(32(38)40-3)31(28-16-10-11-19-35-28)30(25(2)36-24)33(39)41-23-22-37-20-17-34(18-21-37,26-12-6-4-7-13-26)27-14-8-5-9-15-27/h4-16,19,31,36H,17-18,20-23H2,1-3H3. The molecule has 1 N–H and O–H groups in total. The van der Waals surface area contributed by atoms with E-state index in [0.717, 1.165) is 25.9 Å². The summed E-state index contributed by atoms with van der Waals surface area (Å²) in [6.07, 6.45) is 3.62. The van der Waals surface area contributed by atoms with Gasteiger partial charge in [-0.1, -0.05) is 66.7 Å². The number of hydrogen-bond acceptors (Lipinski definition) is 7. The molecule has 2 aliphatic heterocycles. The summed E-state index contributed by atoms with van der Waals surface area (Å²) in [6.45, 7) is 6.31. The number of esters is 2. The maximum atomic E-state index is 13.5. The Labute approximate surface area is 241 Å². The molecule has 1 atom stereocenters. The number of hydrogen-bond donors (Lipinski definition) is 1. The fourth-order valence-corrected chi connectivity index (χ4v) is 6.25. The first-order valence-electron chi connectivity index (χ1n) is 14.1. The zero-order chi connectivity index (χ0) is 28.8. The lowest BCUT2D eigenvalue weighted by molar-refractivity contribution is -0.140. The highest BCUT2D eigenvalue weighted by Crippen LogP contribution is 2.42. The van der Waals surface area contributed by atoms with Crippen molar-refractivity contribution >= 4 is 11.9 Å². The van der Waals surface area contributed by atoms with Gasteiger partial charge in [-0.2, -0.15) is 0 Å². The van der Waals surface area contributed by atoms with E-state index in [0.29, 0.717) is 34.8 Å². The van der Waals surface area contributed by atoms with Crippen LogP contribution >= 0.6 is 0 Å². The Hall–Kier alpha value is -4.23. The molecular weight excluding hydrogens is 514 g/mol. The topological polar surface area (TPSA) is 80.8 Å². The summed E-state index contributed by atoms with van der Waals surface area (Å²) >= 11 is 0. The molecule has 1 fully saturated rings. The third kappa shape index (κ3) is 5.81. The quantitative estimate of drug-likeness (QED) is 0.390. The van der Waals surface area contributed by atoms with Crippen molar-refractivity contribution in [2.45, 2.75) is 38.0 Å². The van der Waals surface area contributed by atoms with Gasteiger partial charge in [-0.15, -0.1) is 0 Å². The van der Waals surface area contributed by atoms with Crippen LogP contribution in [-0.4, -0.2) is 55.2 Å². The first-order chi connectivity index (χ1) is 19.9. The number of ether oxygens (including phenoxy) is 2. The Kier molecular flexibility index (Phi) is 8.64. The number of nitrogens with one attached hydrogen (secondary N) is 1. The first-order valence-corrected chi connectivity index (χ1v) is 14.1. The number of likely N-dealkylation sites (tertiary alicyclic amines) is 1. The number of dihydropyridines is 1. The number of carbonyl (C=O) groups excluding carboxylic acids is 2. The molecule has 0 spiro atoms. The largest absolute Gasteiger partial charge is 0.466 e. The van der Waals surface area contributed by atoms with E-state index in [2.05, 4.69) is 75.9 Å². The molecule has 3 heterocycles. The minimum atomic E-state index is -0.676. The van der Waals surface area contributed by atoms with Gasteiger partial charge in [0.05, 0.1) is 29.9 Å². The molecule has 2 aromatic carbocycles. The number of pyridine rings is 1. The number of carbonyl (C=O) groups is 2. The molecule has 1 unspecified atom stereocenters. The van der Waals surface area contributed by atoms with E-state index in [1.165, 1.54) is 18.2 Å². The fourth-order valence-electron chi connectivity index (χ4n) is 6.25. The monoisotopic (exact) mass is 551 g/mol. The minimum absolute atomic E-state index is 0.0320. The van der Waals surface area contributed by atoms with Crippen LogP contribution in [0.4, 0.5) is 0 Å². The van der Waals surface area contributed by atoms with Gasteiger partial charge < -0.3 is 14.8 Å². The average molecular weight is 552 g/mol. The Morgan fingerprint density at radius 2 is 1.41 bits per heavy atom. The number of rotatable bonds is 8. The number of benzene rings is 2. The van der Waals surface area contributed by atoms with Crippen LogP contribution in [0.1, 0.15) is 49.4 Å². The van der Waals surface area contributed by atoms with Gasteiger partial charge in [-0.3, -0.25) is 9.88 Å². The molecule has 2 aliphatic rings. The van der Waals surface area contributed by atoms with Gasteiger partial charge >= 0.3 is 11.9 Å². The predicted octanol–water partition coefficient (Wildman–Crippen LogP) is 5.11. The normalized spacial score (nSPS) is 19.0. The second-order valence-electron chi connectivity index (χ2n) is 10.7. The van der Waals surface area contributed by atoms with Crippen molar-refractivity contribution < 1.29 is 19.1 Å². The predicted molar refractivity (Wildman–Crippen MR) is 158 cm³/mol. The molecule has 0 saturated carbocycles. The van der Waals surface area contributed by atoms with Gasteiger partial charge in [0.1, 0.15) is 6.61 Å². The maximum absolute atomic E-state index is 13.5. The van der Waals surface area contributed by atoms with Crippen molar-refractivity contribution in [3.63, 3.8) is 0 Å². The van der Waals surface area contributed by atoms with Crippen LogP contribution in [0.25, 0.3) is 0 Å². The minimum Gasteiger partial charge on any atom is -0.466 e. The summed E-state index contributed by atoms with van der Waals surface area (Å²) in [5.74, 6) is -1.64. The molecule has 7 nitrogen and oxygen atoms in total. The highest BCUT2D eigenvalue weighted by molar-refractivity contribution is 5.99. The molecule has 0 bridgehead atoms. The Bertz CT molecular complexity index is 1390. The zero-order valence-electron chi connectivity index (χ0n) is 23.9. The smallest absolute Gasteiger partial charge is 0.336 e. The van der Waals surface area contributed by atoms with E-state index < -0.39 is 17.9 Å². The van der Waals surface area contributed by atoms with Crippen LogP contribution in [-0.2, 0) is 24.5 Å². The summed E-state index contributed by atoms with van der Waals surface area (Å²) < 4.78 is 10.9. The number of allylic oxidation sites excluding steroid dienone is 2. The van der Waals surface area contributed by atoms with Crippen molar-refractivity contribution in [2.24, 2.45) is 0 Å². The number of methoxy groups -OCH3 is 1. The molecule has 0 aliphatic carbocycles. The van der Waals surface area contributed by atoms with Crippen molar-refractivity contribution in [1.29, 1.82) is 0 Å². The average Bonchev–Trinajstić information content (AvgIpc) is 3.02. The SMILES string of the molecule is COC(=O)C1=C(C)NC(C)=C(C(=O)OCCN2CCC(c3ccccc3)(c3ccccc3)CC2)C1c1ccccn1. The lowest BCUT2D eigenvalue weighted by Gasteiger charge is -2.43. The number of nitrogens with zero attached hydrogens (tertiary/aromatic N) is 2. The number of piperidine rings is 1. The number of aromatic nitrogens is 1. The molecule has 212 valence electrons. The van der Waals surface area contributed by atoms with Gasteiger partial charge in [0.15, 0.2) is 0 Å². The molecule has 7 heteroatoms. The Morgan fingerprint density at radius 1 is 0.854 bits per heavy atom. The lowest BCUT2D eigenvalue weighted by atomic mass is 9.68. The van der Waals surface area contributed by atoms with E-state index in [1.54, 1.807) is 19.2 Å². The van der Waals surface area contributed by atoms with Crippen LogP contribution in [0.15, 0.2) is 108 Å². The van der Waals surface area contributed by atoms with Crippen molar-refractivity contribution in [2.75, 3.05) is 33.4 Å². The summed E-state index contributed by atoms with van der Waals surface area (Å²) in [7, 11) is 1.34. The van der Waals surface area contributed by atoms with Crippen LogP contribution in [0.2, 0.25) is 0 Å². The lowest BCUT2D eigenvalue weighted by Crippen LogP contribution is -2.44. The molecule has 0 amide bonds. The first kappa shape index (κ1) is 28.3. The summed E-state index contributed by atoms with van der Waals surface area (Å²) in [5, 5.41) is 3.17. The van der Waals surface area contributed by atoms with Gasteiger partial charge in [0, 0.05) is 29.6 Å². The van der Waals surface area contributed by atoms with Gasteiger partial charge in [0.2, 0.25) is 0 Å². The molecule has 1 aromatic heterocycles. The Balaban J connectivity index is 1.27. The highest BCUT2D eigenvalue weighted by Gasteiger charge is 2.39. The van der Waals surface area contributed by atoms with Crippen LogP contribution in [0.3, 0.4) is 0 Å². The third-order valence-corrected chi connectivity index (χ3v) is 8.37. The third-order valence-electron chi connectivity index (χ3n) is 8.37. The van der Waals surface area contributed by atoms with Crippen LogP contribution in [0, 0.1) is 0 Å². The second-order valence-corrected chi connectivity index (χ2v) is 10.7. The van der Waals surface area contributed by atoms with Crippen molar-refractivity contribution in [3.8, 4) is 0 Å². The van der Waals surface area contributed by atoms with E-state index in [-0.39, 0.29) is 12.0 Å². The molecular formula is C34H37N3O4. The summed E-state index contributed by atoms with van der Waals surface area (Å²) in [4.78, 5) is 33.1. The van der Waals surface area contributed by atoms with E-state index in [9.17, 15) is 9.59 Å². The van der Waals surface area contributed by atoms with Crippen LogP contribution in [0.5, 0.6) is 0 Å². The van der Waals surface area contributed by atoms with Gasteiger partial charge in [0.25, 0.3) is 0 Å². The van der Waals surface area contributed by atoms with Gasteiger partial charge in [-0.05, 0) is 63.0 Å². The molecule has 0 radical (unpaired) electrons. The van der Waals surface area contributed by atoms with Gasteiger partial charge in [-0.25, -0.2) is 9.59 Å². The Morgan fingerprint density at radius 3 is 1.95 bits per heavy atom. The van der Waals surface area contributed by atoms with E-state index >= 15 is 0 Å². The maximum Gasteiger partial charge on any atom is 0.336 e. The zero-order valence-corrected chi connectivity index (χ0v) is 23.9. The highest BCUT2D eigenvalue weighted by atomic mass is 16.5. The molecule has 5 rings (SSSR count). The van der Waals surface area contributed by atoms with E-state index in [1.807, 2.05) is 19.1 Å². The van der Waals surface area contributed by atoms with Crippen LogP contribution < -0.4 is 5.32 Å². The van der Waals surface area contributed by atoms with Crippen molar-refractivity contribution in [3.05, 3.63) is 124 Å². The summed E-state index contributed by atoms with van der Waals surface area (Å²) in [5.41, 5.74) is 5.26. The molecule has 1 saturated heterocycles. The second kappa shape index (κ2) is 12.5. The molecule has 41 heavy (non-hydrogen) atoms. The summed E-state index contributed by atoms with van der Waals surface area (Å²) in [6, 6.07) is 27.0. The fraction of sp³-hybridized carbons (Fsp3) is 0.324. The van der Waals surface area contributed by atoms with Crippen molar-refractivity contribution in [1.82, 2.24) is 15.2 Å². The van der Waals surface area contributed by atoms with E-state index in [4.69, 9.17) is 9.47 Å². The molecule has 3 aromatic rings.